The van der Waals surface area contributed by atoms with Crippen molar-refractivity contribution in [2.75, 3.05) is 31.6 Å². The highest BCUT2D eigenvalue weighted by molar-refractivity contribution is 5.86. The smallest absolute Gasteiger partial charge is 0.244 e. The van der Waals surface area contributed by atoms with E-state index in [4.69, 9.17) is 0 Å². The molecular formula is C12H16FN3O. The Labute approximate surface area is 99.8 Å². The molecule has 1 fully saturated rings. The minimum absolute atomic E-state index is 0.0612. The van der Waals surface area contributed by atoms with Gasteiger partial charge in [0.15, 0.2) is 0 Å². The van der Waals surface area contributed by atoms with Crippen LogP contribution >= 0.6 is 0 Å². The largest absolute Gasteiger partial charge is 0.354 e. The minimum atomic E-state index is -0.356. The zero-order valence-corrected chi connectivity index (χ0v) is 9.74. The van der Waals surface area contributed by atoms with Gasteiger partial charge in [-0.15, -0.1) is 0 Å². The van der Waals surface area contributed by atoms with Crippen molar-refractivity contribution in [2.45, 2.75) is 6.04 Å². The normalized spacial score (nSPS) is 20.2. The third-order valence-electron chi connectivity index (χ3n) is 2.89. The number of rotatable bonds is 3. The van der Waals surface area contributed by atoms with Gasteiger partial charge in [-0.25, -0.2) is 4.39 Å². The van der Waals surface area contributed by atoms with Gasteiger partial charge in [-0.2, -0.15) is 0 Å². The average Bonchev–Trinajstić information content (AvgIpc) is 2.33. The summed E-state index contributed by atoms with van der Waals surface area (Å²) >= 11 is 0. The number of hydrogen-bond donors (Lipinski definition) is 2. The average molecular weight is 237 g/mol. The van der Waals surface area contributed by atoms with Gasteiger partial charge < -0.3 is 15.5 Å². The number of nitrogens with one attached hydrogen (secondary N) is 2. The number of piperazine rings is 1. The second-order valence-electron chi connectivity index (χ2n) is 4.01. The molecule has 1 aromatic rings. The number of carbonyl (C=O) groups is 1. The fourth-order valence-electron chi connectivity index (χ4n) is 2.08. The van der Waals surface area contributed by atoms with Crippen molar-refractivity contribution in [1.29, 1.82) is 0 Å². The summed E-state index contributed by atoms with van der Waals surface area (Å²) in [4.78, 5) is 13.6. The molecule has 2 N–H and O–H groups in total. The molecule has 92 valence electrons. The maximum Gasteiger partial charge on any atom is 0.244 e. The number of likely N-dealkylation sites (N-methyl/N-ethyl adjacent to an activating group) is 1. The molecule has 5 heteroatoms. The van der Waals surface area contributed by atoms with Gasteiger partial charge in [0, 0.05) is 19.6 Å². The lowest BCUT2D eigenvalue weighted by Gasteiger charge is -2.36. The Balaban J connectivity index is 2.28. The zero-order valence-electron chi connectivity index (χ0n) is 9.74. The van der Waals surface area contributed by atoms with Crippen LogP contribution in [0.25, 0.3) is 0 Å². The van der Waals surface area contributed by atoms with E-state index in [-0.39, 0.29) is 17.8 Å². The summed E-state index contributed by atoms with van der Waals surface area (Å²) in [6.07, 6.45) is 0. The van der Waals surface area contributed by atoms with E-state index < -0.39 is 0 Å². The minimum Gasteiger partial charge on any atom is -0.354 e. The van der Waals surface area contributed by atoms with Gasteiger partial charge in [0.2, 0.25) is 5.91 Å². The number of para-hydroxylation sites is 1. The predicted molar refractivity (Wildman–Crippen MR) is 64.5 cm³/mol. The highest BCUT2D eigenvalue weighted by atomic mass is 19.1. The SMILES string of the molecule is CNCC1C(=O)NCCN1c1ccccc1F. The molecule has 17 heavy (non-hydrogen) atoms. The van der Waals surface area contributed by atoms with E-state index in [0.29, 0.717) is 25.3 Å². The van der Waals surface area contributed by atoms with Gasteiger partial charge in [0.1, 0.15) is 11.9 Å². The Hall–Kier alpha value is -1.62. The van der Waals surface area contributed by atoms with Crippen molar-refractivity contribution < 1.29 is 9.18 Å². The van der Waals surface area contributed by atoms with Crippen LogP contribution in [0.3, 0.4) is 0 Å². The van der Waals surface area contributed by atoms with Crippen LogP contribution in [0.2, 0.25) is 0 Å². The lowest BCUT2D eigenvalue weighted by atomic mass is 10.1. The van der Waals surface area contributed by atoms with Gasteiger partial charge in [0.25, 0.3) is 0 Å². The predicted octanol–water partition coefficient (Wildman–Crippen LogP) is 0.350. The van der Waals surface area contributed by atoms with Gasteiger partial charge in [0.05, 0.1) is 5.69 Å². The van der Waals surface area contributed by atoms with Crippen LogP contribution in [-0.2, 0) is 4.79 Å². The first-order valence-corrected chi connectivity index (χ1v) is 5.67. The Morgan fingerprint density at radius 3 is 3.00 bits per heavy atom. The van der Waals surface area contributed by atoms with Gasteiger partial charge in [-0.05, 0) is 19.2 Å². The summed E-state index contributed by atoms with van der Waals surface area (Å²) in [7, 11) is 1.78. The highest BCUT2D eigenvalue weighted by Gasteiger charge is 2.30. The lowest BCUT2D eigenvalue weighted by Crippen LogP contribution is -2.58. The molecule has 1 saturated heterocycles. The van der Waals surface area contributed by atoms with Crippen molar-refractivity contribution in [3.63, 3.8) is 0 Å². The van der Waals surface area contributed by atoms with E-state index >= 15 is 0 Å². The zero-order chi connectivity index (χ0) is 12.3. The molecule has 1 unspecified atom stereocenters. The molecule has 1 heterocycles. The second kappa shape index (κ2) is 5.14. The molecule has 2 rings (SSSR count). The highest BCUT2D eigenvalue weighted by Crippen LogP contribution is 2.21. The Kier molecular flexibility index (Phi) is 3.58. The van der Waals surface area contributed by atoms with Gasteiger partial charge in [-0.1, -0.05) is 12.1 Å². The summed E-state index contributed by atoms with van der Waals surface area (Å²) < 4.78 is 13.7. The van der Waals surface area contributed by atoms with Crippen LogP contribution in [0.4, 0.5) is 10.1 Å². The summed E-state index contributed by atoms with van der Waals surface area (Å²) in [5.74, 6) is -0.350. The van der Waals surface area contributed by atoms with Crippen LogP contribution in [-0.4, -0.2) is 38.6 Å². The van der Waals surface area contributed by atoms with E-state index in [1.165, 1.54) is 6.07 Å². The summed E-state index contributed by atoms with van der Waals surface area (Å²) in [6, 6.07) is 6.19. The first-order chi connectivity index (χ1) is 8.24. The first-order valence-electron chi connectivity index (χ1n) is 5.67. The molecule has 0 radical (unpaired) electrons. The molecule has 1 atom stereocenters. The molecular weight excluding hydrogens is 221 g/mol. The molecule has 1 aliphatic heterocycles. The Morgan fingerprint density at radius 1 is 1.53 bits per heavy atom. The van der Waals surface area contributed by atoms with Crippen LogP contribution in [0, 0.1) is 5.82 Å². The number of hydrogen-bond acceptors (Lipinski definition) is 3. The van der Waals surface area contributed by atoms with Crippen LogP contribution in [0.15, 0.2) is 24.3 Å². The number of nitrogens with zero attached hydrogens (tertiary/aromatic N) is 1. The third kappa shape index (κ3) is 2.39. The van der Waals surface area contributed by atoms with Crippen LogP contribution < -0.4 is 15.5 Å². The molecule has 0 spiro atoms. The topological polar surface area (TPSA) is 44.4 Å². The molecule has 1 amide bonds. The fraction of sp³-hybridized carbons (Fsp3) is 0.417. The maximum absolute atomic E-state index is 13.7. The standard InChI is InChI=1S/C12H16FN3O/c1-14-8-11-12(17)15-6-7-16(11)10-5-3-2-4-9(10)13/h2-5,11,14H,6-8H2,1H3,(H,15,17). The molecule has 0 bridgehead atoms. The summed E-state index contributed by atoms with van der Waals surface area (Å²) in [5.41, 5.74) is 0.489. The fourth-order valence-corrected chi connectivity index (χ4v) is 2.08. The number of benzene rings is 1. The van der Waals surface area contributed by atoms with E-state index in [1.807, 2.05) is 4.90 Å². The Morgan fingerprint density at radius 2 is 2.29 bits per heavy atom. The third-order valence-corrected chi connectivity index (χ3v) is 2.89. The van der Waals surface area contributed by atoms with Crippen molar-refractivity contribution in [3.8, 4) is 0 Å². The van der Waals surface area contributed by atoms with Gasteiger partial charge in [-0.3, -0.25) is 4.79 Å². The molecule has 4 nitrogen and oxygen atoms in total. The molecule has 1 aromatic carbocycles. The van der Waals surface area contributed by atoms with E-state index in [1.54, 1.807) is 25.2 Å². The van der Waals surface area contributed by atoms with Crippen molar-refractivity contribution in [3.05, 3.63) is 30.1 Å². The van der Waals surface area contributed by atoms with Gasteiger partial charge >= 0.3 is 0 Å². The van der Waals surface area contributed by atoms with Crippen LogP contribution in [0.5, 0.6) is 0 Å². The number of halogens is 1. The van der Waals surface area contributed by atoms with Crippen molar-refractivity contribution >= 4 is 11.6 Å². The maximum atomic E-state index is 13.7. The second-order valence-corrected chi connectivity index (χ2v) is 4.01. The van der Waals surface area contributed by atoms with Crippen LogP contribution in [0.1, 0.15) is 0 Å². The summed E-state index contributed by atoms with van der Waals surface area (Å²) in [6.45, 7) is 1.67. The quantitative estimate of drug-likeness (QED) is 0.797. The first kappa shape index (κ1) is 11.9. The molecule has 0 aliphatic carbocycles. The molecule has 1 aliphatic rings. The lowest BCUT2D eigenvalue weighted by molar-refractivity contribution is -0.123. The monoisotopic (exact) mass is 237 g/mol. The molecule has 0 aromatic heterocycles. The Bertz CT molecular complexity index is 410. The van der Waals surface area contributed by atoms with Crippen molar-refractivity contribution in [2.24, 2.45) is 0 Å². The van der Waals surface area contributed by atoms with E-state index in [0.717, 1.165) is 0 Å². The molecule has 0 saturated carbocycles. The number of anilines is 1. The van der Waals surface area contributed by atoms with E-state index in [9.17, 15) is 9.18 Å². The number of amides is 1. The van der Waals surface area contributed by atoms with Crippen molar-refractivity contribution in [1.82, 2.24) is 10.6 Å². The summed E-state index contributed by atoms with van der Waals surface area (Å²) in [5, 5.41) is 5.76. The van der Waals surface area contributed by atoms with E-state index in [2.05, 4.69) is 10.6 Å². The number of carbonyl (C=O) groups excluding carboxylic acids is 1.